The number of fused-ring (bicyclic) bond motifs is 1. The van der Waals surface area contributed by atoms with Crippen molar-refractivity contribution in [1.82, 2.24) is 9.21 Å². The van der Waals surface area contributed by atoms with Crippen molar-refractivity contribution in [2.75, 3.05) is 45.2 Å². The molecule has 264 valence electrons. The third kappa shape index (κ3) is 9.27. The van der Waals surface area contributed by atoms with E-state index in [2.05, 4.69) is 4.72 Å². The summed E-state index contributed by atoms with van der Waals surface area (Å²) >= 11 is 1.14. The molecule has 0 spiro atoms. The Balaban J connectivity index is 1.67. The van der Waals surface area contributed by atoms with Crippen LogP contribution in [-0.4, -0.2) is 95.8 Å². The van der Waals surface area contributed by atoms with Gasteiger partial charge in [-0.15, -0.1) is 11.3 Å². The number of hydrogen-bond acceptors (Lipinski definition) is 10. The second kappa shape index (κ2) is 16.5. The molecular formula is C33H45N3O9S3. The van der Waals surface area contributed by atoms with E-state index in [1.165, 1.54) is 41.6 Å². The second-order valence-corrected chi connectivity index (χ2v) is 16.9. The molecule has 4 atom stereocenters. The van der Waals surface area contributed by atoms with Crippen LogP contribution in [0.1, 0.15) is 50.4 Å². The molecule has 1 aromatic heterocycles. The molecule has 2 aromatic carbocycles. The molecule has 15 heteroatoms. The molecule has 2 N–H and O–H groups in total. The molecule has 0 bridgehead atoms. The van der Waals surface area contributed by atoms with Crippen molar-refractivity contribution in [3.05, 3.63) is 65.5 Å². The summed E-state index contributed by atoms with van der Waals surface area (Å²) in [7, 11) is -4.76. The van der Waals surface area contributed by atoms with Crippen LogP contribution < -0.4 is 14.2 Å². The average molecular weight is 724 g/mol. The summed E-state index contributed by atoms with van der Waals surface area (Å²) in [6, 6.07) is 13.1. The van der Waals surface area contributed by atoms with Crippen LogP contribution in [0, 0.1) is 5.92 Å². The van der Waals surface area contributed by atoms with E-state index >= 15 is 0 Å². The molecule has 0 saturated heterocycles. The molecule has 1 aliphatic heterocycles. The first-order chi connectivity index (χ1) is 22.8. The number of aliphatic hydroxyl groups excluding tert-OH is 1. The number of rotatable bonds is 10. The van der Waals surface area contributed by atoms with Crippen LogP contribution >= 0.6 is 11.3 Å². The molecule has 1 amide bonds. The summed E-state index contributed by atoms with van der Waals surface area (Å²) < 4.78 is 74.7. The van der Waals surface area contributed by atoms with Gasteiger partial charge in [-0.25, -0.2) is 16.8 Å². The van der Waals surface area contributed by atoms with Crippen LogP contribution in [0.2, 0.25) is 0 Å². The smallest absolute Gasteiger partial charge is 0.261 e. The highest BCUT2D eigenvalue weighted by molar-refractivity contribution is 7.92. The largest absolute Gasteiger partial charge is 0.497 e. The van der Waals surface area contributed by atoms with Gasteiger partial charge in [-0.1, -0.05) is 13.0 Å². The minimum Gasteiger partial charge on any atom is -0.497 e. The van der Waals surface area contributed by atoms with E-state index < -0.39 is 38.1 Å². The standard InChI is InChI=1S/C33H45N3O9S3/c1-23-20-36(24(2)22-37)33(38)29-19-26(34-47(39,40)28-14-12-27(43-5)13-15-28)11-16-30(29)45-25(3)9-6-7-17-44-31(23)21-35(4)48(41,42)32-10-8-18-46-32/h8,10-16,18-19,23-25,31,34,37H,6-7,9,17,20-22H2,1-5H3/t23-,24+,25-,31-/m1/s1. The first-order valence-electron chi connectivity index (χ1n) is 15.8. The van der Waals surface area contributed by atoms with E-state index in [9.17, 15) is 26.7 Å². The number of thiophene rings is 1. The van der Waals surface area contributed by atoms with Crippen LogP contribution in [-0.2, 0) is 24.8 Å². The summed E-state index contributed by atoms with van der Waals surface area (Å²) in [6.45, 7) is 5.71. The Kier molecular flexibility index (Phi) is 12.9. The van der Waals surface area contributed by atoms with Crippen LogP contribution in [0.4, 0.5) is 5.69 Å². The average Bonchev–Trinajstić information content (AvgIpc) is 3.62. The number of nitrogens with one attached hydrogen (secondary N) is 1. The number of benzene rings is 2. The highest BCUT2D eigenvalue weighted by atomic mass is 32.2. The molecule has 48 heavy (non-hydrogen) atoms. The quantitative estimate of drug-likeness (QED) is 0.304. The van der Waals surface area contributed by atoms with E-state index in [1.54, 1.807) is 48.7 Å². The minimum absolute atomic E-state index is 0.0149. The molecule has 2 heterocycles. The fourth-order valence-electron chi connectivity index (χ4n) is 5.33. The fraction of sp³-hybridized carbons (Fsp3) is 0.485. The van der Waals surface area contributed by atoms with Gasteiger partial charge in [0.05, 0.1) is 42.4 Å². The number of anilines is 1. The van der Waals surface area contributed by atoms with Crippen molar-refractivity contribution in [3.8, 4) is 11.5 Å². The molecule has 0 aliphatic carbocycles. The monoisotopic (exact) mass is 723 g/mol. The molecular weight excluding hydrogens is 679 g/mol. The Morgan fingerprint density at radius 2 is 1.83 bits per heavy atom. The molecule has 0 unspecified atom stereocenters. The van der Waals surface area contributed by atoms with E-state index in [-0.39, 0.29) is 57.8 Å². The summed E-state index contributed by atoms with van der Waals surface area (Å²) in [5.41, 5.74) is 0.276. The van der Waals surface area contributed by atoms with Gasteiger partial charge >= 0.3 is 0 Å². The lowest BCUT2D eigenvalue weighted by atomic mass is 10.0. The molecule has 0 radical (unpaired) electrons. The maximum absolute atomic E-state index is 14.4. The zero-order valence-electron chi connectivity index (χ0n) is 27.9. The normalized spacial score (nSPS) is 20.8. The van der Waals surface area contributed by atoms with Crippen LogP contribution in [0.5, 0.6) is 11.5 Å². The Bertz CT molecular complexity index is 1720. The Morgan fingerprint density at radius 1 is 1.10 bits per heavy atom. The topological polar surface area (TPSA) is 152 Å². The van der Waals surface area contributed by atoms with Crippen LogP contribution in [0.3, 0.4) is 0 Å². The number of aliphatic hydroxyl groups is 1. The van der Waals surface area contributed by atoms with Crippen molar-refractivity contribution in [2.24, 2.45) is 5.92 Å². The maximum atomic E-state index is 14.4. The summed E-state index contributed by atoms with van der Waals surface area (Å²) in [4.78, 5) is 15.9. The van der Waals surface area contributed by atoms with Crippen molar-refractivity contribution < 1.29 is 40.9 Å². The van der Waals surface area contributed by atoms with Gasteiger partial charge in [0.1, 0.15) is 15.7 Å². The van der Waals surface area contributed by atoms with E-state index in [0.29, 0.717) is 25.2 Å². The third-order valence-electron chi connectivity index (χ3n) is 8.27. The summed E-state index contributed by atoms with van der Waals surface area (Å²) in [6.07, 6.45) is 1.30. The second-order valence-electron chi connectivity index (χ2n) is 12.0. The number of carbonyl (C=O) groups is 1. The molecule has 1 aliphatic rings. The maximum Gasteiger partial charge on any atom is 0.261 e. The van der Waals surface area contributed by atoms with Gasteiger partial charge in [0.25, 0.3) is 26.0 Å². The van der Waals surface area contributed by atoms with Gasteiger partial charge in [0.2, 0.25) is 0 Å². The van der Waals surface area contributed by atoms with Gasteiger partial charge in [-0.3, -0.25) is 9.52 Å². The molecule has 0 saturated carbocycles. The van der Waals surface area contributed by atoms with Gasteiger partial charge < -0.3 is 24.2 Å². The van der Waals surface area contributed by atoms with E-state index in [1.807, 2.05) is 13.8 Å². The van der Waals surface area contributed by atoms with Crippen molar-refractivity contribution in [3.63, 3.8) is 0 Å². The predicted octanol–water partition coefficient (Wildman–Crippen LogP) is 4.67. The first-order valence-corrected chi connectivity index (χ1v) is 19.6. The van der Waals surface area contributed by atoms with Crippen LogP contribution in [0.15, 0.2) is 69.1 Å². The van der Waals surface area contributed by atoms with Gasteiger partial charge in [-0.05, 0) is 87.0 Å². The lowest BCUT2D eigenvalue weighted by Gasteiger charge is -2.35. The zero-order valence-corrected chi connectivity index (χ0v) is 30.3. The first kappa shape index (κ1) is 37.6. The van der Waals surface area contributed by atoms with Crippen molar-refractivity contribution in [2.45, 2.75) is 67.4 Å². The number of ether oxygens (including phenoxy) is 3. The fourth-order valence-corrected chi connectivity index (χ4v) is 8.77. The number of amides is 1. The number of likely N-dealkylation sites (N-methyl/N-ethyl adjacent to an activating group) is 1. The van der Waals surface area contributed by atoms with Gasteiger partial charge in [0.15, 0.2) is 0 Å². The van der Waals surface area contributed by atoms with Gasteiger partial charge in [0, 0.05) is 38.3 Å². The molecule has 12 nitrogen and oxygen atoms in total. The number of carbonyl (C=O) groups excluding carboxylic acids is 1. The highest BCUT2D eigenvalue weighted by Crippen LogP contribution is 2.30. The summed E-state index contributed by atoms with van der Waals surface area (Å²) in [5, 5.41) is 11.9. The Hall–Kier alpha value is -3.21. The van der Waals surface area contributed by atoms with Gasteiger partial charge in [-0.2, -0.15) is 4.31 Å². The lowest BCUT2D eigenvalue weighted by molar-refractivity contribution is -0.00832. The summed E-state index contributed by atoms with van der Waals surface area (Å²) in [5.74, 6) is -0.0411. The number of methoxy groups -OCH3 is 1. The highest BCUT2D eigenvalue weighted by Gasteiger charge is 2.33. The van der Waals surface area contributed by atoms with Crippen LogP contribution in [0.25, 0.3) is 0 Å². The minimum atomic E-state index is -4.01. The third-order valence-corrected chi connectivity index (χ3v) is 12.9. The van der Waals surface area contributed by atoms with E-state index in [0.717, 1.165) is 17.8 Å². The SMILES string of the molecule is COc1ccc(S(=O)(=O)Nc2ccc3c(c2)C(=O)N([C@@H](C)CO)C[C@@H](C)[C@@H](CN(C)S(=O)(=O)c2cccs2)OCCCC[C@@H](C)O3)cc1. The lowest BCUT2D eigenvalue weighted by Crippen LogP contribution is -2.48. The predicted molar refractivity (Wildman–Crippen MR) is 185 cm³/mol. The Labute approximate surface area is 287 Å². The molecule has 3 aromatic rings. The molecule has 0 fully saturated rings. The van der Waals surface area contributed by atoms with E-state index in [4.69, 9.17) is 14.2 Å². The number of hydrogen-bond donors (Lipinski definition) is 2. The van der Waals surface area contributed by atoms with Crippen molar-refractivity contribution >= 4 is 43.0 Å². The zero-order chi connectivity index (χ0) is 35.1. The number of sulfonamides is 2. The Morgan fingerprint density at radius 3 is 2.48 bits per heavy atom. The van der Waals surface area contributed by atoms with Crippen molar-refractivity contribution in [1.29, 1.82) is 0 Å². The molecule has 4 rings (SSSR count). The number of nitrogens with zero attached hydrogens (tertiary/aromatic N) is 2.